The van der Waals surface area contributed by atoms with E-state index in [1.54, 1.807) is 0 Å². The molecule has 0 saturated carbocycles. The smallest absolute Gasteiger partial charge is 0.407 e. The fraction of sp³-hybridized carbons (Fsp3) is 0.933. The molecule has 0 rings (SSSR count). The Morgan fingerprint density at radius 3 is 2.30 bits per heavy atom. The summed E-state index contributed by atoms with van der Waals surface area (Å²) in [4.78, 5) is 11.6. The molecule has 0 aliphatic rings. The lowest BCUT2D eigenvalue weighted by Crippen LogP contribution is -2.41. The first kappa shape index (κ1) is 19.2. The van der Waals surface area contributed by atoms with Crippen LogP contribution in [0.3, 0.4) is 0 Å². The zero-order valence-corrected chi connectivity index (χ0v) is 13.8. The Hall–Kier alpha value is -0.810. The number of carbonyl (C=O) groups is 1. The molecule has 0 spiro atoms. The molecule has 0 aliphatic heterocycles. The molecule has 0 aromatic rings. The number of alkyl carbamates (subject to hydrolysis) is 1. The minimum Gasteiger partial charge on any atom is -0.444 e. The normalized spacial score (nSPS) is 15.0. The van der Waals surface area contributed by atoms with Crippen LogP contribution in [0.1, 0.15) is 48.0 Å². The van der Waals surface area contributed by atoms with Crippen molar-refractivity contribution in [3.63, 3.8) is 0 Å². The largest absolute Gasteiger partial charge is 0.444 e. The standard InChI is InChI=1S/C15H31NO4/c1-12(2)9-19-8-7-15(6,11-17)10-16-13(18)20-14(3,4)5/h12,17H,7-11H2,1-6H3,(H,16,18). The first-order valence-corrected chi connectivity index (χ1v) is 7.23. The average molecular weight is 289 g/mol. The van der Waals surface area contributed by atoms with E-state index in [-0.39, 0.29) is 6.61 Å². The number of hydrogen-bond donors (Lipinski definition) is 2. The van der Waals surface area contributed by atoms with Crippen LogP contribution in [-0.2, 0) is 9.47 Å². The summed E-state index contributed by atoms with van der Waals surface area (Å²) in [5, 5.41) is 12.2. The van der Waals surface area contributed by atoms with Gasteiger partial charge in [0.1, 0.15) is 5.60 Å². The van der Waals surface area contributed by atoms with Gasteiger partial charge in [-0.1, -0.05) is 20.8 Å². The summed E-state index contributed by atoms with van der Waals surface area (Å²) in [5.41, 5.74) is -0.909. The van der Waals surface area contributed by atoms with Gasteiger partial charge in [0.15, 0.2) is 0 Å². The lowest BCUT2D eigenvalue weighted by Gasteiger charge is -2.28. The Morgan fingerprint density at radius 2 is 1.85 bits per heavy atom. The highest BCUT2D eigenvalue weighted by Crippen LogP contribution is 2.20. The molecule has 0 radical (unpaired) electrons. The summed E-state index contributed by atoms with van der Waals surface area (Å²) < 4.78 is 10.7. The van der Waals surface area contributed by atoms with E-state index < -0.39 is 17.1 Å². The molecule has 0 aromatic carbocycles. The van der Waals surface area contributed by atoms with Crippen molar-refractivity contribution in [3.05, 3.63) is 0 Å². The van der Waals surface area contributed by atoms with Crippen molar-refractivity contribution in [2.75, 3.05) is 26.4 Å². The van der Waals surface area contributed by atoms with Crippen molar-refractivity contribution < 1.29 is 19.4 Å². The van der Waals surface area contributed by atoms with E-state index in [0.29, 0.717) is 32.1 Å². The quantitative estimate of drug-likeness (QED) is 0.674. The zero-order valence-electron chi connectivity index (χ0n) is 13.8. The number of hydrogen-bond acceptors (Lipinski definition) is 4. The summed E-state index contributed by atoms with van der Waals surface area (Å²) in [6.45, 7) is 13.2. The lowest BCUT2D eigenvalue weighted by molar-refractivity contribution is 0.0383. The maximum absolute atomic E-state index is 11.6. The predicted molar refractivity (Wildman–Crippen MR) is 79.7 cm³/mol. The first-order chi connectivity index (χ1) is 9.08. The molecule has 1 amide bonds. The van der Waals surface area contributed by atoms with Gasteiger partial charge in [0.2, 0.25) is 0 Å². The molecule has 0 bridgehead atoms. The molecule has 0 aliphatic carbocycles. The van der Waals surface area contributed by atoms with Gasteiger partial charge in [-0.15, -0.1) is 0 Å². The van der Waals surface area contributed by atoms with Crippen molar-refractivity contribution >= 4 is 6.09 Å². The van der Waals surface area contributed by atoms with E-state index in [0.717, 1.165) is 0 Å². The van der Waals surface area contributed by atoms with E-state index >= 15 is 0 Å². The average Bonchev–Trinajstić information content (AvgIpc) is 2.30. The Bertz CT molecular complexity index is 286. The van der Waals surface area contributed by atoms with Gasteiger partial charge in [0, 0.05) is 25.2 Å². The first-order valence-electron chi connectivity index (χ1n) is 7.23. The summed E-state index contributed by atoms with van der Waals surface area (Å²) in [6, 6.07) is 0. The monoisotopic (exact) mass is 289 g/mol. The number of nitrogens with one attached hydrogen (secondary N) is 1. The molecule has 0 aromatic heterocycles. The molecule has 0 fully saturated rings. The molecule has 5 heteroatoms. The van der Waals surface area contributed by atoms with Gasteiger partial charge < -0.3 is 19.9 Å². The van der Waals surface area contributed by atoms with Gasteiger partial charge in [0.05, 0.1) is 6.61 Å². The van der Waals surface area contributed by atoms with Crippen molar-refractivity contribution in [1.82, 2.24) is 5.32 Å². The Morgan fingerprint density at radius 1 is 1.25 bits per heavy atom. The molecule has 0 heterocycles. The van der Waals surface area contributed by atoms with Gasteiger partial charge >= 0.3 is 6.09 Å². The third-order valence-electron chi connectivity index (χ3n) is 2.74. The van der Waals surface area contributed by atoms with Crippen LogP contribution in [0.25, 0.3) is 0 Å². The second kappa shape index (κ2) is 8.47. The summed E-state index contributed by atoms with van der Waals surface area (Å²) in [7, 11) is 0. The molecule has 1 unspecified atom stereocenters. The summed E-state index contributed by atoms with van der Waals surface area (Å²) in [5.74, 6) is 0.496. The van der Waals surface area contributed by atoms with E-state index in [1.165, 1.54) is 0 Å². The van der Waals surface area contributed by atoms with Crippen LogP contribution in [0.15, 0.2) is 0 Å². The van der Waals surface area contributed by atoms with E-state index in [2.05, 4.69) is 19.2 Å². The fourth-order valence-electron chi connectivity index (χ4n) is 1.46. The number of carbonyl (C=O) groups excluding carboxylic acids is 1. The summed E-state index contributed by atoms with van der Waals surface area (Å²) in [6.07, 6.45) is 0.228. The predicted octanol–water partition coefficient (Wildman–Crippen LogP) is 2.57. The maximum Gasteiger partial charge on any atom is 0.407 e. The molecule has 20 heavy (non-hydrogen) atoms. The highest BCUT2D eigenvalue weighted by atomic mass is 16.6. The van der Waals surface area contributed by atoms with Gasteiger partial charge in [-0.3, -0.25) is 0 Å². The zero-order chi connectivity index (χ0) is 15.8. The Labute approximate surface area is 123 Å². The molecular weight excluding hydrogens is 258 g/mol. The van der Waals surface area contributed by atoms with Crippen LogP contribution in [0.2, 0.25) is 0 Å². The van der Waals surface area contributed by atoms with Crippen LogP contribution in [0, 0.1) is 11.3 Å². The summed E-state index contributed by atoms with van der Waals surface area (Å²) >= 11 is 0. The minimum atomic E-state index is -0.514. The SMILES string of the molecule is CC(C)COCCC(C)(CO)CNC(=O)OC(C)(C)C. The molecule has 120 valence electrons. The highest BCUT2D eigenvalue weighted by Gasteiger charge is 2.25. The Kier molecular flexibility index (Phi) is 8.13. The number of amides is 1. The maximum atomic E-state index is 11.6. The van der Waals surface area contributed by atoms with Gasteiger partial charge in [-0.05, 0) is 33.1 Å². The number of aliphatic hydroxyl groups excluding tert-OH is 1. The van der Waals surface area contributed by atoms with Crippen LogP contribution >= 0.6 is 0 Å². The molecule has 0 saturated heterocycles. The van der Waals surface area contributed by atoms with Crippen molar-refractivity contribution in [1.29, 1.82) is 0 Å². The third kappa shape index (κ3) is 10.0. The molecule has 2 N–H and O–H groups in total. The molecule has 1 atom stereocenters. The second-order valence-electron chi connectivity index (χ2n) is 7.04. The lowest BCUT2D eigenvalue weighted by atomic mass is 9.88. The van der Waals surface area contributed by atoms with Crippen LogP contribution in [-0.4, -0.2) is 43.2 Å². The van der Waals surface area contributed by atoms with Crippen molar-refractivity contribution in [3.8, 4) is 0 Å². The topological polar surface area (TPSA) is 67.8 Å². The number of rotatable bonds is 8. The molecular formula is C15H31NO4. The van der Waals surface area contributed by atoms with E-state index in [1.807, 2.05) is 27.7 Å². The fourth-order valence-corrected chi connectivity index (χ4v) is 1.46. The van der Waals surface area contributed by atoms with Crippen LogP contribution in [0.5, 0.6) is 0 Å². The molecule has 5 nitrogen and oxygen atoms in total. The van der Waals surface area contributed by atoms with E-state index in [4.69, 9.17) is 9.47 Å². The number of aliphatic hydroxyl groups is 1. The third-order valence-corrected chi connectivity index (χ3v) is 2.74. The highest BCUT2D eigenvalue weighted by molar-refractivity contribution is 5.67. The Balaban J connectivity index is 4.07. The minimum absolute atomic E-state index is 0.00611. The van der Waals surface area contributed by atoms with Gasteiger partial charge in [-0.2, -0.15) is 0 Å². The van der Waals surface area contributed by atoms with Gasteiger partial charge in [-0.25, -0.2) is 4.79 Å². The second-order valence-corrected chi connectivity index (χ2v) is 7.04. The number of ether oxygens (including phenoxy) is 2. The van der Waals surface area contributed by atoms with Crippen molar-refractivity contribution in [2.24, 2.45) is 11.3 Å². The van der Waals surface area contributed by atoms with Crippen LogP contribution < -0.4 is 5.32 Å². The van der Waals surface area contributed by atoms with E-state index in [9.17, 15) is 9.90 Å². The van der Waals surface area contributed by atoms with Crippen molar-refractivity contribution in [2.45, 2.75) is 53.6 Å². The van der Waals surface area contributed by atoms with Gasteiger partial charge in [0.25, 0.3) is 0 Å². The van der Waals surface area contributed by atoms with Crippen LogP contribution in [0.4, 0.5) is 4.79 Å².